The second-order valence-corrected chi connectivity index (χ2v) is 4.48. The van der Waals surface area contributed by atoms with Gasteiger partial charge in [-0.15, -0.1) is 0 Å². The van der Waals surface area contributed by atoms with E-state index < -0.39 is 5.97 Å². The summed E-state index contributed by atoms with van der Waals surface area (Å²) >= 11 is 3.22. The molecule has 0 saturated carbocycles. The van der Waals surface area contributed by atoms with Gasteiger partial charge in [-0.3, -0.25) is 4.79 Å². The fourth-order valence-electron chi connectivity index (χ4n) is 1.43. The van der Waals surface area contributed by atoms with Crippen LogP contribution in [0.25, 0.3) is 0 Å². The number of hydrogen-bond acceptors (Lipinski definition) is 1. The van der Waals surface area contributed by atoms with E-state index in [9.17, 15) is 9.18 Å². The average Bonchev–Trinajstić information content (AvgIpc) is 2.09. The molecule has 15 heavy (non-hydrogen) atoms. The van der Waals surface area contributed by atoms with Crippen LogP contribution in [0.2, 0.25) is 0 Å². The molecule has 1 atom stereocenters. The Labute approximate surface area is 96.2 Å². The summed E-state index contributed by atoms with van der Waals surface area (Å²) in [5.74, 6) is -1.59. The van der Waals surface area contributed by atoms with Crippen molar-refractivity contribution in [2.75, 3.05) is 0 Å². The molecule has 0 aliphatic heterocycles. The lowest BCUT2D eigenvalue weighted by molar-refractivity contribution is -0.137. The summed E-state index contributed by atoms with van der Waals surface area (Å²) in [6.45, 7) is 3.56. The second kappa shape index (κ2) is 4.75. The van der Waals surface area contributed by atoms with E-state index in [1.807, 2.05) is 6.92 Å². The summed E-state index contributed by atoms with van der Waals surface area (Å²) in [6.07, 6.45) is -0.0575. The fraction of sp³-hybridized carbons (Fsp3) is 0.364. The molecule has 1 unspecified atom stereocenters. The summed E-state index contributed by atoms with van der Waals surface area (Å²) in [7, 11) is 0. The highest BCUT2D eigenvalue weighted by Crippen LogP contribution is 2.27. The summed E-state index contributed by atoms with van der Waals surface area (Å²) in [5, 5.41) is 8.63. The van der Waals surface area contributed by atoms with E-state index in [-0.39, 0.29) is 18.2 Å². The van der Waals surface area contributed by atoms with E-state index in [1.54, 1.807) is 13.0 Å². The van der Waals surface area contributed by atoms with Crippen LogP contribution in [0.5, 0.6) is 0 Å². The van der Waals surface area contributed by atoms with Gasteiger partial charge in [0.15, 0.2) is 0 Å². The lowest BCUT2D eigenvalue weighted by Crippen LogP contribution is -2.05. The number of benzene rings is 1. The monoisotopic (exact) mass is 274 g/mol. The Morgan fingerprint density at radius 3 is 2.73 bits per heavy atom. The number of rotatable bonds is 3. The first kappa shape index (κ1) is 12.2. The van der Waals surface area contributed by atoms with Crippen LogP contribution in [-0.4, -0.2) is 11.1 Å². The molecule has 0 fully saturated rings. The third kappa shape index (κ3) is 3.02. The number of aryl methyl sites for hydroxylation is 1. The quantitative estimate of drug-likeness (QED) is 0.917. The highest BCUT2D eigenvalue weighted by Gasteiger charge is 2.15. The average molecular weight is 275 g/mol. The molecule has 0 radical (unpaired) electrons. The molecular formula is C11H12BrFO2. The minimum Gasteiger partial charge on any atom is -0.481 e. The zero-order valence-electron chi connectivity index (χ0n) is 8.55. The molecule has 1 rings (SSSR count). The molecule has 0 amide bonds. The Hall–Kier alpha value is -0.900. The minimum absolute atomic E-state index is 0.0575. The van der Waals surface area contributed by atoms with Crippen LogP contribution in [0, 0.1) is 12.7 Å². The van der Waals surface area contributed by atoms with E-state index in [0.29, 0.717) is 10.0 Å². The number of halogens is 2. The molecule has 0 spiro atoms. The van der Waals surface area contributed by atoms with Crippen LogP contribution in [0.15, 0.2) is 16.6 Å². The lowest BCUT2D eigenvalue weighted by Gasteiger charge is -2.12. The van der Waals surface area contributed by atoms with Gasteiger partial charge in [0, 0.05) is 4.47 Å². The van der Waals surface area contributed by atoms with E-state index in [0.717, 1.165) is 5.56 Å². The molecule has 4 heteroatoms. The molecule has 0 aliphatic rings. The van der Waals surface area contributed by atoms with Crippen LogP contribution in [0.1, 0.15) is 30.4 Å². The van der Waals surface area contributed by atoms with Crippen molar-refractivity contribution in [1.82, 2.24) is 0 Å². The first-order valence-electron chi connectivity index (χ1n) is 4.59. The molecule has 2 nitrogen and oxygen atoms in total. The highest BCUT2D eigenvalue weighted by molar-refractivity contribution is 9.10. The Bertz CT molecular complexity index is 390. The topological polar surface area (TPSA) is 37.3 Å². The van der Waals surface area contributed by atoms with Crippen molar-refractivity contribution in [3.8, 4) is 0 Å². The zero-order chi connectivity index (χ0) is 11.6. The van der Waals surface area contributed by atoms with Gasteiger partial charge >= 0.3 is 5.97 Å². The molecule has 1 aromatic carbocycles. The van der Waals surface area contributed by atoms with Crippen molar-refractivity contribution in [1.29, 1.82) is 0 Å². The third-order valence-corrected chi connectivity index (χ3v) is 3.14. The second-order valence-electron chi connectivity index (χ2n) is 3.62. The smallest absolute Gasteiger partial charge is 0.303 e. The van der Waals surface area contributed by atoms with Crippen LogP contribution in [0.4, 0.5) is 4.39 Å². The van der Waals surface area contributed by atoms with Gasteiger partial charge < -0.3 is 5.11 Å². The standard InChI is InChI=1S/C11H12BrFO2/c1-6(4-11(14)15)8-3-7(2)9(12)5-10(8)13/h3,5-6H,4H2,1-2H3,(H,14,15). The molecule has 0 aromatic heterocycles. The van der Waals surface area contributed by atoms with Crippen LogP contribution < -0.4 is 0 Å². The van der Waals surface area contributed by atoms with Crippen molar-refractivity contribution in [3.63, 3.8) is 0 Å². The molecule has 0 saturated heterocycles. The first-order valence-corrected chi connectivity index (χ1v) is 5.38. The molecule has 0 bridgehead atoms. The minimum atomic E-state index is -0.914. The molecular weight excluding hydrogens is 263 g/mol. The number of aliphatic carboxylic acids is 1. The van der Waals surface area contributed by atoms with Crippen LogP contribution in [-0.2, 0) is 4.79 Å². The van der Waals surface area contributed by atoms with Crippen LogP contribution >= 0.6 is 15.9 Å². The van der Waals surface area contributed by atoms with Crippen LogP contribution in [0.3, 0.4) is 0 Å². The van der Waals surface area contributed by atoms with Gasteiger partial charge in [-0.2, -0.15) is 0 Å². The van der Waals surface area contributed by atoms with Crippen molar-refractivity contribution < 1.29 is 14.3 Å². The number of hydrogen-bond donors (Lipinski definition) is 1. The zero-order valence-corrected chi connectivity index (χ0v) is 10.1. The first-order chi connectivity index (χ1) is 6.91. The molecule has 82 valence electrons. The van der Waals surface area contributed by atoms with Gasteiger partial charge in [-0.25, -0.2) is 4.39 Å². The third-order valence-electron chi connectivity index (χ3n) is 2.29. The van der Waals surface area contributed by atoms with E-state index in [2.05, 4.69) is 15.9 Å². The summed E-state index contributed by atoms with van der Waals surface area (Å²) in [6, 6.07) is 3.07. The van der Waals surface area contributed by atoms with Gasteiger partial charge in [0.05, 0.1) is 6.42 Å². The maximum atomic E-state index is 13.5. The summed E-state index contributed by atoms with van der Waals surface area (Å²) in [5.41, 5.74) is 1.36. The van der Waals surface area contributed by atoms with E-state index in [4.69, 9.17) is 5.11 Å². The van der Waals surface area contributed by atoms with Crippen molar-refractivity contribution >= 4 is 21.9 Å². The normalized spacial score (nSPS) is 12.5. The molecule has 1 N–H and O–H groups in total. The summed E-state index contributed by atoms with van der Waals surface area (Å²) < 4.78 is 14.2. The van der Waals surface area contributed by atoms with Crippen molar-refractivity contribution in [3.05, 3.63) is 33.5 Å². The highest BCUT2D eigenvalue weighted by atomic mass is 79.9. The summed E-state index contributed by atoms with van der Waals surface area (Å²) in [4.78, 5) is 10.5. The number of carboxylic acids is 1. The maximum Gasteiger partial charge on any atom is 0.303 e. The molecule has 1 aromatic rings. The largest absolute Gasteiger partial charge is 0.481 e. The maximum absolute atomic E-state index is 13.5. The Morgan fingerprint density at radius 1 is 1.60 bits per heavy atom. The number of carboxylic acid groups (broad SMARTS) is 1. The molecule has 0 heterocycles. The Balaban J connectivity index is 3.03. The fourth-order valence-corrected chi connectivity index (χ4v) is 1.74. The van der Waals surface area contributed by atoms with Gasteiger partial charge in [0.25, 0.3) is 0 Å². The predicted molar refractivity (Wildman–Crippen MR) is 59.5 cm³/mol. The van der Waals surface area contributed by atoms with E-state index in [1.165, 1.54) is 6.07 Å². The van der Waals surface area contributed by atoms with Crippen molar-refractivity contribution in [2.24, 2.45) is 0 Å². The Morgan fingerprint density at radius 2 is 2.20 bits per heavy atom. The van der Waals surface area contributed by atoms with Gasteiger partial charge in [0.1, 0.15) is 5.82 Å². The SMILES string of the molecule is Cc1cc(C(C)CC(=O)O)c(F)cc1Br. The van der Waals surface area contributed by atoms with E-state index >= 15 is 0 Å². The predicted octanol–water partition coefficient (Wildman–Crippen LogP) is 3.47. The van der Waals surface area contributed by atoms with Gasteiger partial charge in [-0.1, -0.05) is 28.9 Å². The Kier molecular flexibility index (Phi) is 3.85. The van der Waals surface area contributed by atoms with Crippen molar-refractivity contribution in [2.45, 2.75) is 26.2 Å². The van der Waals surface area contributed by atoms with Gasteiger partial charge in [-0.05, 0) is 30.0 Å². The van der Waals surface area contributed by atoms with Gasteiger partial charge in [0.2, 0.25) is 0 Å². The molecule has 0 aliphatic carbocycles. The lowest BCUT2D eigenvalue weighted by atomic mass is 9.96. The number of carbonyl (C=O) groups is 1.